The number of carbonyl (C=O) groups is 2. The molecule has 0 aliphatic rings. The zero-order chi connectivity index (χ0) is 21.8. The highest BCUT2D eigenvalue weighted by Crippen LogP contribution is 2.20. The van der Waals surface area contributed by atoms with Crippen molar-refractivity contribution in [1.29, 1.82) is 0 Å². The number of hydrogen-bond donors (Lipinski definition) is 0. The molecule has 156 valence electrons. The normalized spacial score (nSPS) is 10.7. The molecule has 0 radical (unpaired) electrons. The third-order valence-electron chi connectivity index (χ3n) is 4.30. The molecule has 0 aliphatic heterocycles. The van der Waals surface area contributed by atoms with Gasteiger partial charge in [0.1, 0.15) is 6.54 Å². The van der Waals surface area contributed by atoms with Crippen LogP contribution in [-0.4, -0.2) is 39.9 Å². The Kier molecular flexibility index (Phi) is 6.31. The number of nitro groups is 1. The molecule has 0 aliphatic carbocycles. The number of rotatable bonds is 7. The lowest BCUT2D eigenvalue weighted by Crippen LogP contribution is -2.32. The molecule has 1 aromatic heterocycles. The molecule has 0 fully saturated rings. The molecule has 0 saturated heterocycles. The van der Waals surface area contributed by atoms with Crippen molar-refractivity contribution in [2.75, 3.05) is 13.7 Å². The molecule has 1 heterocycles. The average Bonchev–Trinajstić information content (AvgIpc) is 3.02. The summed E-state index contributed by atoms with van der Waals surface area (Å²) in [5.41, 5.74) is 0.834. The number of fused-ring (bicyclic) bond motifs is 1. The fraction of sp³-hybridized carbons (Fsp3) is 0.211. The lowest BCUT2D eigenvalue weighted by Gasteiger charge is -2.18. The molecule has 2 aromatic carbocycles. The predicted octanol–water partition coefficient (Wildman–Crippen LogP) is 2.47. The van der Waals surface area contributed by atoms with Gasteiger partial charge in [0.05, 0.1) is 16.5 Å². The second-order valence-electron chi connectivity index (χ2n) is 6.37. The Morgan fingerprint density at radius 1 is 1.27 bits per heavy atom. The zero-order valence-electron chi connectivity index (χ0n) is 15.7. The van der Waals surface area contributed by atoms with Crippen LogP contribution in [0.25, 0.3) is 11.1 Å². The van der Waals surface area contributed by atoms with E-state index in [4.69, 9.17) is 9.15 Å². The van der Waals surface area contributed by atoms with E-state index in [0.717, 1.165) is 20.7 Å². The standard InChI is InChI=1S/C19H16BrN3O7/c1-21(9-12-4-2-3-5-14(12)20)17(24)11-29-18(25)10-22-15-7-6-13(23(27)28)8-16(15)30-19(22)26/h2-8H,9-11H2,1H3. The van der Waals surface area contributed by atoms with Crippen molar-refractivity contribution in [3.8, 4) is 0 Å². The Morgan fingerprint density at radius 2 is 2.00 bits per heavy atom. The van der Waals surface area contributed by atoms with Crippen LogP contribution in [0.15, 0.2) is 56.1 Å². The van der Waals surface area contributed by atoms with E-state index in [1.807, 2.05) is 24.3 Å². The van der Waals surface area contributed by atoms with Crippen molar-refractivity contribution in [3.05, 3.63) is 73.2 Å². The van der Waals surface area contributed by atoms with Gasteiger partial charge in [0.15, 0.2) is 12.2 Å². The number of nitrogens with zero attached hydrogens (tertiary/aromatic N) is 3. The maximum atomic E-state index is 12.2. The first kappa shape index (κ1) is 21.2. The molecule has 0 bridgehead atoms. The second kappa shape index (κ2) is 8.91. The van der Waals surface area contributed by atoms with E-state index in [2.05, 4.69) is 15.9 Å². The van der Waals surface area contributed by atoms with Gasteiger partial charge in [-0.3, -0.25) is 24.3 Å². The van der Waals surface area contributed by atoms with E-state index in [0.29, 0.717) is 6.54 Å². The Morgan fingerprint density at radius 3 is 2.70 bits per heavy atom. The summed E-state index contributed by atoms with van der Waals surface area (Å²) in [6.07, 6.45) is 0. The quantitative estimate of drug-likeness (QED) is 0.290. The highest BCUT2D eigenvalue weighted by atomic mass is 79.9. The minimum atomic E-state index is -0.861. The molecule has 0 unspecified atom stereocenters. The van der Waals surface area contributed by atoms with Crippen LogP contribution in [0.3, 0.4) is 0 Å². The van der Waals surface area contributed by atoms with Crippen molar-refractivity contribution in [3.63, 3.8) is 0 Å². The minimum Gasteiger partial charge on any atom is -0.454 e. The van der Waals surface area contributed by atoms with Crippen molar-refractivity contribution in [2.45, 2.75) is 13.1 Å². The first-order valence-electron chi connectivity index (χ1n) is 8.67. The number of non-ortho nitro benzene ring substituents is 1. The van der Waals surface area contributed by atoms with E-state index in [-0.39, 0.29) is 16.8 Å². The fourth-order valence-electron chi connectivity index (χ4n) is 2.72. The van der Waals surface area contributed by atoms with Crippen LogP contribution in [0.2, 0.25) is 0 Å². The fourth-order valence-corrected chi connectivity index (χ4v) is 3.13. The maximum absolute atomic E-state index is 12.2. The summed E-state index contributed by atoms with van der Waals surface area (Å²) < 4.78 is 11.8. The molecule has 30 heavy (non-hydrogen) atoms. The maximum Gasteiger partial charge on any atom is 0.420 e. The molecule has 1 amide bonds. The van der Waals surface area contributed by atoms with E-state index in [1.54, 1.807) is 7.05 Å². The summed E-state index contributed by atoms with van der Waals surface area (Å²) in [7, 11) is 1.58. The monoisotopic (exact) mass is 477 g/mol. The highest BCUT2D eigenvalue weighted by molar-refractivity contribution is 9.10. The predicted molar refractivity (Wildman–Crippen MR) is 109 cm³/mol. The minimum absolute atomic E-state index is 0.0220. The number of ether oxygens (including phenoxy) is 1. The smallest absolute Gasteiger partial charge is 0.420 e. The molecule has 10 nitrogen and oxygen atoms in total. The molecule has 0 N–H and O–H groups in total. The Labute approximate surface area is 177 Å². The first-order valence-corrected chi connectivity index (χ1v) is 9.46. The van der Waals surface area contributed by atoms with Gasteiger partial charge in [-0.25, -0.2) is 4.79 Å². The van der Waals surface area contributed by atoms with Crippen LogP contribution in [0.4, 0.5) is 5.69 Å². The summed E-state index contributed by atoms with van der Waals surface area (Å²) in [6, 6.07) is 11.0. The number of amides is 1. The van der Waals surface area contributed by atoms with Gasteiger partial charge < -0.3 is 14.1 Å². The number of benzene rings is 2. The van der Waals surface area contributed by atoms with Crippen LogP contribution in [-0.2, 0) is 27.4 Å². The molecule has 0 atom stereocenters. The Bertz CT molecular complexity index is 1180. The van der Waals surface area contributed by atoms with Gasteiger partial charge in [-0.2, -0.15) is 0 Å². The Hall–Kier alpha value is -3.47. The molecular weight excluding hydrogens is 462 g/mol. The number of aromatic nitrogens is 1. The molecular formula is C19H16BrN3O7. The van der Waals surface area contributed by atoms with Gasteiger partial charge in [-0.15, -0.1) is 0 Å². The Balaban J connectivity index is 1.61. The van der Waals surface area contributed by atoms with Crippen LogP contribution in [0, 0.1) is 10.1 Å². The first-order chi connectivity index (χ1) is 14.3. The van der Waals surface area contributed by atoms with Crippen molar-refractivity contribution >= 4 is 44.6 Å². The average molecular weight is 478 g/mol. The summed E-state index contributed by atoms with van der Waals surface area (Å²) >= 11 is 3.41. The molecule has 3 rings (SSSR count). The van der Waals surface area contributed by atoms with Gasteiger partial charge in [0.2, 0.25) is 0 Å². The summed E-state index contributed by atoms with van der Waals surface area (Å²) in [5.74, 6) is -2.10. The SMILES string of the molecule is CN(Cc1ccccc1Br)C(=O)COC(=O)Cn1c(=O)oc2cc([N+](=O)[O-])ccc21. The summed E-state index contributed by atoms with van der Waals surface area (Å²) in [6.45, 7) is -0.664. The highest BCUT2D eigenvalue weighted by Gasteiger charge is 2.18. The largest absolute Gasteiger partial charge is 0.454 e. The van der Waals surface area contributed by atoms with E-state index in [1.165, 1.54) is 17.0 Å². The lowest BCUT2D eigenvalue weighted by molar-refractivity contribution is -0.384. The topological polar surface area (TPSA) is 125 Å². The van der Waals surface area contributed by atoms with Gasteiger partial charge >= 0.3 is 11.7 Å². The van der Waals surface area contributed by atoms with E-state index >= 15 is 0 Å². The number of nitro benzene ring substituents is 1. The third-order valence-corrected chi connectivity index (χ3v) is 5.07. The molecule has 0 saturated carbocycles. The van der Waals surface area contributed by atoms with Crippen molar-refractivity contribution in [2.24, 2.45) is 0 Å². The summed E-state index contributed by atoms with van der Waals surface area (Å²) in [5, 5.41) is 10.8. The number of halogens is 1. The van der Waals surface area contributed by atoms with Gasteiger partial charge in [-0.1, -0.05) is 34.1 Å². The second-order valence-corrected chi connectivity index (χ2v) is 7.22. The number of esters is 1. The van der Waals surface area contributed by atoms with Gasteiger partial charge in [0.25, 0.3) is 11.6 Å². The zero-order valence-corrected chi connectivity index (χ0v) is 17.3. The lowest BCUT2D eigenvalue weighted by atomic mass is 10.2. The van der Waals surface area contributed by atoms with E-state index in [9.17, 15) is 24.5 Å². The van der Waals surface area contributed by atoms with E-state index < -0.39 is 35.7 Å². The van der Waals surface area contributed by atoms with Crippen LogP contribution in [0.1, 0.15) is 5.56 Å². The molecule has 0 spiro atoms. The number of oxazole rings is 1. The van der Waals surface area contributed by atoms with Crippen LogP contribution >= 0.6 is 15.9 Å². The van der Waals surface area contributed by atoms with Crippen LogP contribution < -0.4 is 5.76 Å². The summed E-state index contributed by atoms with van der Waals surface area (Å²) in [4.78, 5) is 47.9. The molecule has 3 aromatic rings. The van der Waals surface area contributed by atoms with Gasteiger partial charge in [0, 0.05) is 24.1 Å². The molecule has 11 heteroatoms. The van der Waals surface area contributed by atoms with Crippen molar-refractivity contribution < 1.29 is 23.7 Å². The number of hydrogen-bond acceptors (Lipinski definition) is 7. The van der Waals surface area contributed by atoms with Gasteiger partial charge in [-0.05, 0) is 17.7 Å². The van der Waals surface area contributed by atoms with Crippen LogP contribution in [0.5, 0.6) is 0 Å². The number of carbonyl (C=O) groups excluding carboxylic acids is 2. The van der Waals surface area contributed by atoms with Crippen molar-refractivity contribution in [1.82, 2.24) is 9.47 Å². The third kappa shape index (κ3) is 4.74. The number of likely N-dealkylation sites (N-methyl/N-ethyl adjacent to an activating group) is 1.